The summed E-state index contributed by atoms with van der Waals surface area (Å²) in [5.74, 6) is -3.66. The normalized spacial score (nSPS) is 14.6. The molecule has 0 radical (unpaired) electrons. The summed E-state index contributed by atoms with van der Waals surface area (Å²) in [6, 6.07) is -0.991. The third-order valence-corrected chi connectivity index (χ3v) is 2.14. The fraction of sp³-hybridized carbons (Fsp3) is 0.600. The fourth-order valence-corrected chi connectivity index (χ4v) is 1.22. The second-order valence-electron chi connectivity index (χ2n) is 3.41. The van der Waals surface area contributed by atoms with E-state index in [0.29, 0.717) is 0 Å². The van der Waals surface area contributed by atoms with Crippen LogP contribution in [0.5, 0.6) is 0 Å². The lowest BCUT2D eigenvalue weighted by atomic mass is 9.97. The van der Waals surface area contributed by atoms with Crippen molar-refractivity contribution in [3.63, 3.8) is 0 Å². The van der Waals surface area contributed by atoms with Crippen LogP contribution in [0.1, 0.15) is 13.3 Å². The summed E-state index contributed by atoms with van der Waals surface area (Å²) in [5, 5.41) is 1.71. The van der Waals surface area contributed by atoms with Gasteiger partial charge in [0.25, 0.3) is 0 Å². The van der Waals surface area contributed by atoms with Gasteiger partial charge in [0.05, 0.1) is 13.0 Å². The number of nitrogens with one attached hydrogen (secondary N) is 1. The summed E-state index contributed by atoms with van der Waals surface area (Å²) in [6.07, 6.45) is -3.48. The van der Waals surface area contributed by atoms with E-state index in [0.717, 1.165) is 7.11 Å². The molecule has 0 fully saturated rings. The monoisotopic (exact) mass is 253 g/mol. The lowest BCUT2D eigenvalue weighted by molar-refractivity contribution is -0.175. The van der Waals surface area contributed by atoms with Crippen molar-refractivity contribution in [2.45, 2.75) is 25.6 Å². The summed E-state index contributed by atoms with van der Waals surface area (Å²) in [7, 11) is 1.12. The van der Waals surface area contributed by atoms with E-state index in [1.165, 1.54) is 13.0 Å². The van der Waals surface area contributed by atoms with Crippen molar-refractivity contribution in [2.75, 3.05) is 7.11 Å². The van der Waals surface area contributed by atoms with E-state index in [1.807, 2.05) is 0 Å². The number of esters is 1. The van der Waals surface area contributed by atoms with E-state index in [1.54, 1.807) is 5.32 Å². The Balaban J connectivity index is 4.63. The third-order valence-electron chi connectivity index (χ3n) is 2.14. The molecule has 98 valence electrons. The second kappa shape index (κ2) is 6.27. The SMILES string of the molecule is C=CC[C@@H](C(=O)OC)[C@H](C)NC(=O)C(F)(F)F. The van der Waals surface area contributed by atoms with Gasteiger partial charge in [0.1, 0.15) is 0 Å². The van der Waals surface area contributed by atoms with Crippen LogP contribution in [0.2, 0.25) is 0 Å². The largest absolute Gasteiger partial charge is 0.471 e. The van der Waals surface area contributed by atoms with Crippen molar-refractivity contribution in [1.82, 2.24) is 5.32 Å². The molecule has 7 heteroatoms. The standard InChI is InChI=1S/C10H14F3NO3/c1-4-5-7(8(15)17-3)6(2)14-9(16)10(11,12)13/h4,6-7H,1,5H2,2-3H3,(H,14,16)/t6-,7+/m0/s1. The molecular weight excluding hydrogens is 239 g/mol. The molecule has 0 saturated heterocycles. The van der Waals surface area contributed by atoms with Gasteiger partial charge in [-0.2, -0.15) is 13.2 Å². The molecule has 0 heterocycles. The van der Waals surface area contributed by atoms with E-state index in [2.05, 4.69) is 11.3 Å². The number of carbonyl (C=O) groups is 2. The molecule has 0 aromatic carbocycles. The van der Waals surface area contributed by atoms with Crippen LogP contribution >= 0.6 is 0 Å². The predicted molar refractivity (Wildman–Crippen MR) is 54.0 cm³/mol. The maximum atomic E-state index is 12.0. The number of alkyl halides is 3. The number of halogens is 3. The Morgan fingerprint density at radius 3 is 2.35 bits per heavy atom. The molecule has 0 rings (SSSR count). The highest BCUT2D eigenvalue weighted by molar-refractivity contribution is 5.83. The van der Waals surface area contributed by atoms with Gasteiger partial charge in [-0.15, -0.1) is 6.58 Å². The van der Waals surface area contributed by atoms with Crippen LogP contribution in [0.25, 0.3) is 0 Å². The predicted octanol–water partition coefficient (Wildman–Crippen LogP) is 1.42. The van der Waals surface area contributed by atoms with Crippen LogP contribution < -0.4 is 5.32 Å². The summed E-state index contributed by atoms with van der Waals surface area (Å²) in [4.78, 5) is 22.0. The quantitative estimate of drug-likeness (QED) is 0.595. The molecule has 0 spiro atoms. The minimum atomic E-state index is -4.97. The number of hydrogen-bond donors (Lipinski definition) is 1. The van der Waals surface area contributed by atoms with Gasteiger partial charge >= 0.3 is 18.1 Å². The maximum absolute atomic E-state index is 12.0. The molecule has 17 heavy (non-hydrogen) atoms. The number of amides is 1. The van der Waals surface area contributed by atoms with Gasteiger partial charge < -0.3 is 10.1 Å². The number of methoxy groups -OCH3 is 1. The average Bonchev–Trinajstić information content (AvgIpc) is 2.23. The van der Waals surface area contributed by atoms with Gasteiger partial charge in [0.15, 0.2) is 0 Å². The highest BCUT2D eigenvalue weighted by atomic mass is 19.4. The average molecular weight is 253 g/mol. The van der Waals surface area contributed by atoms with Gasteiger partial charge in [-0.1, -0.05) is 6.08 Å². The second-order valence-corrected chi connectivity index (χ2v) is 3.41. The fourth-order valence-electron chi connectivity index (χ4n) is 1.22. The summed E-state index contributed by atoms with van der Waals surface area (Å²) >= 11 is 0. The van der Waals surface area contributed by atoms with E-state index >= 15 is 0 Å². The molecule has 4 nitrogen and oxygen atoms in total. The molecule has 0 aliphatic heterocycles. The Labute approximate surface area is 96.8 Å². The molecule has 0 saturated carbocycles. The van der Waals surface area contributed by atoms with Crippen molar-refractivity contribution in [1.29, 1.82) is 0 Å². The summed E-state index contributed by atoms with van der Waals surface area (Å²) < 4.78 is 40.4. The molecule has 0 aromatic heterocycles. The van der Waals surface area contributed by atoms with Crippen LogP contribution in [0, 0.1) is 5.92 Å². The number of carbonyl (C=O) groups excluding carboxylic acids is 2. The zero-order valence-electron chi connectivity index (χ0n) is 9.50. The Kier molecular flexibility index (Phi) is 5.70. The Morgan fingerprint density at radius 1 is 1.47 bits per heavy atom. The molecule has 0 bridgehead atoms. The molecule has 1 N–H and O–H groups in total. The third kappa shape index (κ3) is 4.88. The topological polar surface area (TPSA) is 55.4 Å². The highest BCUT2D eigenvalue weighted by Gasteiger charge is 2.40. The van der Waals surface area contributed by atoms with Crippen LogP contribution in [0.15, 0.2) is 12.7 Å². The molecule has 0 aromatic rings. The lowest BCUT2D eigenvalue weighted by Gasteiger charge is -2.22. The first-order valence-corrected chi connectivity index (χ1v) is 4.80. The molecule has 0 aliphatic carbocycles. The molecule has 0 unspecified atom stereocenters. The Hall–Kier alpha value is -1.53. The molecule has 0 aliphatic rings. The minimum absolute atomic E-state index is 0.117. The maximum Gasteiger partial charge on any atom is 0.471 e. The summed E-state index contributed by atoms with van der Waals surface area (Å²) in [6.45, 7) is 4.69. The lowest BCUT2D eigenvalue weighted by Crippen LogP contribution is -2.46. The van der Waals surface area contributed by atoms with Gasteiger partial charge in [0, 0.05) is 6.04 Å². The van der Waals surface area contributed by atoms with Crippen LogP contribution in [0.3, 0.4) is 0 Å². The Morgan fingerprint density at radius 2 is 2.00 bits per heavy atom. The van der Waals surface area contributed by atoms with E-state index in [9.17, 15) is 22.8 Å². The van der Waals surface area contributed by atoms with Crippen molar-refractivity contribution < 1.29 is 27.5 Å². The number of ether oxygens (including phenoxy) is 1. The molecule has 1 amide bonds. The Bertz CT molecular complexity index is 302. The molecule has 2 atom stereocenters. The van der Waals surface area contributed by atoms with Crippen molar-refractivity contribution in [3.8, 4) is 0 Å². The van der Waals surface area contributed by atoms with Crippen LogP contribution in [-0.2, 0) is 14.3 Å². The van der Waals surface area contributed by atoms with Crippen molar-refractivity contribution in [3.05, 3.63) is 12.7 Å². The minimum Gasteiger partial charge on any atom is -0.469 e. The first-order chi connectivity index (χ1) is 7.73. The zero-order valence-corrected chi connectivity index (χ0v) is 9.50. The number of rotatable bonds is 5. The number of allylic oxidation sites excluding steroid dienone is 1. The first-order valence-electron chi connectivity index (χ1n) is 4.80. The summed E-state index contributed by atoms with van der Waals surface area (Å²) in [5.41, 5.74) is 0. The van der Waals surface area contributed by atoms with Crippen LogP contribution in [0.4, 0.5) is 13.2 Å². The number of hydrogen-bond acceptors (Lipinski definition) is 3. The van der Waals surface area contributed by atoms with Gasteiger partial charge in [-0.3, -0.25) is 9.59 Å². The van der Waals surface area contributed by atoms with Gasteiger partial charge in [0.2, 0.25) is 0 Å². The van der Waals surface area contributed by atoms with Crippen LogP contribution in [-0.4, -0.2) is 31.2 Å². The van der Waals surface area contributed by atoms with Crippen molar-refractivity contribution in [2.24, 2.45) is 5.92 Å². The van der Waals surface area contributed by atoms with E-state index < -0.39 is 30.0 Å². The molecular formula is C10H14F3NO3. The van der Waals surface area contributed by atoms with E-state index in [4.69, 9.17) is 0 Å². The van der Waals surface area contributed by atoms with Gasteiger partial charge in [-0.25, -0.2) is 0 Å². The van der Waals surface area contributed by atoms with E-state index in [-0.39, 0.29) is 6.42 Å². The smallest absolute Gasteiger partial charge is 0.469 e. The van der Waals surface area contributed by atoms with Crippen molar-refractivity contribution >= 4 is 11.9 Å². The zero-order chi connectivity index (χ0) is 13.6. The van der Waals surface area contributed by atoms with Gasteiger partial charge in [-0.05, 0) is 13.3 Å². The first kappa shape index (κ1) is 15.5. The highest BCUT2D eigenvalue weighted by Crippen LogP contribution is 2.17.